The average Bonchev–Trinajstić information content (AvgIpc) is 2.16. The summed E-state index contributed by atoms with van der Waals surface area (Å²) in [5, 5.41) is 0. The molecule has 0 aliphatic carbocycles. The third-order valence-electron chi connectivity index (χ3n) is 1.67. The molecule has 2 heteroatoms. The van der Waals surface area contributed by atoms with E-state index in [-0.39, 0.29) is 5.97 Å². The lowest BCUT2D eigenvalue weighted by atomic mass is 10.2. The Labute approximate surface area is 80.3 Å². The van der Waals surface area contributed by atoms with Crippen molar-refractivity contribution in [1.82, 2.24) is 0 Å². The van der Waals surface area contributed by atoms with E-state index >= 15 is 0 Å². The molecule has 0 radical (unpaired) electrons. The minimum Gasteiger partial charge on any atom is -0.469 e. The Hall–Kier alpha value is -1.05. The lowest BCUT2D eigenvalue weighted by Crippen LogP contribution is -1.98. The van der Waals surface area contributed by atoms with E-state index < -0.39 is 0 Å². The Kier molecular flexibility index (Phi) is 8.31. The first kappa shape index (κ1) is 11.9. The van der Waals surface area contributed by atoms with Gasteiger partial charge in [-0.25, -0.2) is 0 Å². The van der Waals surface area contributed by atoms with Crippen LogP contribution in [0.5, 0.6) is 0 Å². The van der Waals surface area contributed by atoms with Crippen LogP contribution in [0.15, 0.2) is 24.3 Å². The van der Waals surface area contributed by atoms with Crippen molar-refractivity contribution in [2.24, 2.45) is 0 Å². The third-order valence-corrected chi connectivity index (χ3v) is 1.67. The van der Waals surface area contributed by atoms with Crippen molar-refractivity contribution in [3.8, 4) is 0 Å². The molecule has 74 valence electrons. The molecule has 0 heterocycles. The van der Waals surface area contributed by atoms with Crippen LogP contribution in [-0.2, 0) is 9.53 Å². The van der Waals surface area contributed by atoms with Gasteiger partial charge in [-0.3, -0.25) is 4.79 Å². The van der Waals surface area contributed by atoms with E-state index in [0.29, 0.717) is 6.42 Å². The molecule has 0 aromatic heterocycles. The molecule has 0 amide bonds. The molecule has 0 atom stereocenters. The van der Waals surface area contributed by atoms with E-state index in [1.807, 2.05) is 25.2 Å². The van der Waals surface area contributed by atoms with Crippen molar-refractivity contribution >= 4 is 5.97 Å². The number of allylic oxidation sites excluding steroid dienone is 4. The zero-order valence-electron chi connectivity index (χ0n) is 8.45. The van der Waals surface area contributed by atoms with Gasteiger partial charge in [0.15, 0.2) is 0 Å². The molecule has 0 rings (SSSR count). The number of carbonyl (C=O) groups is 1. The number of hydrogen-bond donors (Lipinski definition) is 0. The SMILES string of the molecule is C/C=C/C=C/CCCCC(=O)OC. The minimum atomic E-state index is -0.113. The van der Waals surface area contributed by atoms with Crippen LogP contribution in [0.4, 0.5) is 0 Å². The molecule has 0 spiro atoms. The summed E-state index contributed by atoms with van der Waals surface area (Å²) in [7, 11) is 1.42. The Morgan fingerprint density at radius 1 is 1.31 bits per heavy atom. The van der Waals surface area contributed by atoms with Gasteiger partial charge in [-0.15, -0.1) is 0 Å². The Morgan fingerprint density at radius 3 is 2.69 bits per heavy atom. The van der Waals surface area contributed by atoms with Crippen molar-refractivity contribution in [3.63, 3.8) is 0 Å². The quantitative estimate of drug-likeness (QED) is 0.358. The number of methoxy groups -OCH3 is 1. The second-order valence-corrected chi connectivity index (χ2v) is 2.78. The fourth-order valence-electron chi connectivity index (χ4n) is 0.919. The summed E-state index contributed by atoms with van der Waals surface area (Å²) >= 11 is 0. The predicted molar refractivity (Wildman–Crippen MR) is 54.4 cm³/mol. The van der Waals surface area contributed by atoms with Crippen LogP contribution in [0, 0.1) is 0 Å². The van der Waals surface area contributed by atoms with Crippen LogP contribution in [0.1, 0.15) is 32.6 Å². The topological polar surface area (TPSA) is 26.3 Å². The highest BCUT2D eigenvalue weighted by Crippen LogP contribution is 2.01. The van der Waals surface area contributed by atoms with Crippen LogP contribution in [-0.4, -0.2) is 13.1 Å². The maximum atomic E-state index is 10.7. The molecular weight excluding hydrogens is 164 g/mol. The van der Waals surface area contributed by atoms with E-state index in [2.05, 4.69) is 10.8 Å². The Balaban J connectivity index is 3.21. The molecule has 0 N–H and O–H groups in total. The molecule has 0 aliphatic heterocycles. The van der Waals surface area contributed by atoms with Crippen molar-refractivity contribution in [3.05, 3.63) is 24.3 Å². The van der Waals surface area contributed by atoms with Gasteiger partial charge in [0.1, 0.15) is 0 Å². The van der Waals surface area contributed by atoms with Crippen LogP contribution in [0.3, 0.4) is 0 Å². The largest absolute Gasteiger partial charge is 0.469 e. The number of hydrogen-bond acceptors (Lipinski definition) is 2. The molecule has 0 saturated carbocycles. The molecule has 0 aromatic rings. The smallest absolute Gasteiger partial charge is 0.305 e. The summed E-state index contributed by atoms with van der Waals surface area (Å²) < 4.78 is 4.53. The second-order valence-electron chi connectivity index (χ2n) is 2.78. The van der Waals surface area contributed by atoms with Crippen LogP contribution in [0.25, 0.3) is 0 Å². The van der Waals surface area contributed by atoms with Crippen molar-refractivity contribution in [2.45, 2.75) is 32.6 Å². The second kappa shape index (κ2) is 9.04. The molecule has 0 saturated heterocycles. The van der Waals surface area contributed by atoms with E-state index in [0.717, 1.165) is 19.3 Å². The highest BCUT2D eigenvalue weighted by atomic mass is 16.5. The van der Waals surface area contributed by atoms with Gasteiger partial charge < -0.3 is 4.74 Å². The van der Waals surface area contributed by atoms with Crippen LogP contribution < -0.4 is 0 Å². The van der Waals surface area contributed by atoms with Crippen LogP contribution in [0.2, 0.25) is 0 Å². The number of unbranched alkanes of at least 4 members (excludes halogenated alkanes) is 2. The lowest BCUT2D eigenvalue weighted by molar-refractivity contribution is -0.140. The average molecular weight is 182 g/mol. The first-order valence-electron chi connectivity index (χ1n) is 4.66. The molecule has 13 heavy (non-hydrogen) atoms. The Bertz CT molecular complexity index is 181. The molecule has 2 nitrogen and oxygen atoms in total. The van der Waals surface area contributed by atoms with Gasteiger partial charge in [-0.1, -0.05) is 24.3 Å². The van der Waals surface area contributed by atoms with Gasteiger partial charge in [0.2, 0.25) is 0 Å². The fourth-order valence-corrected chi connectivity index (χ4v) is 0.919. The normalized spacial score (nSPS) is 11.2. The monoisotopic (exact) mass is 182 g/mol. The maximum absolute atomic E-state index is 10.7. The zero-order chi connectivity index (χ0) is 9.94. The molecule has 0 bridgehead atoms. The van der Waals surface area contributed by atoms with Gasteiger partial charge >= 0.3 is 5.97 Å². The third kappa shape index (κ3) is 8.86. The molecule has 0 aliphatic rings. The van der Waals surface area contributed by atoms with Gasteiger partial charge in [-0.05, 0) is 26.2 Å². The van der Waals surface area contributed by atoms with E-state index in [9.17, 15) is 4.79 Å². The first-order valence-corrected chi connectivity index (χ1v) is 4.66. The number of esters is 1. The minimum absolute atomic E-state index is 0.113. The van der Waals surface area contributed by atoms with Gasteiger partial charge in [0.25, 0.3) is 0 Å². The van der Waals surface area contributed by atoms with Crippen molar-refractivity contribution in [1.29, 1.82) is 0 Å². The number of carbonyl (C=O) groups excluding carboxylic acids is 1. The highest BCUT2D eigenvalue weighted by molar-refractivity contribution is 5.68. The standard InChI is InChI=1S/C11H18O2/c1-3-4-5-6-7-8-9-10-11(12)13-2/h3-6H,7-10H2,1-2H3/b4-3+,6-5+. The summed E-state index contributed by atoms with van der Waals surface area (Å²) in [6.45, 7) is 1.99. The molecule has 0 aromatic carbocycles. The van der Waals surface area contributed by atoms with E-state index in [4.69, 9.17) is 0 Å². The first-order chi connectivity index (χ1) is 6.31. The fraction of sp³-hybridized carbons (Fsp3) is 0.545. The number of ether oxygens (including phenoxy) is 1. The lowest BCUT2D eigenvalue weighted by Gasteiger charge is -1.96. The summed E-state index contributed by atoms with van der Waals surface area (Å²) in [6, 6.07) is 0. The van der Waals surface area contributed by atoms with Crippen LogP contribution >= 0.6 is 0 Å². The predicted octanol–water partition coefficient (Wildman–Crippen LogP) is 2.85. The molecule has 0 fully saturated rings. The van der Waals surface area contributed by atoms with Gasteiger partial charge in [-0.2, -0.15) is 0 Å². The maximum Gasteiger partial charge on any atom is 0.305 e. The Morgan fingerprint density at radius 2 is 2.08 bits per heavy atom. The van der Waals surface area contributed by atoms with Crippen molar-refractivity contribution in [2.75, 3.05) is 7.11 Å². The van der Waals surface area contributed by atoms with Crippen molar-refractivity contribution < 1.29 is 9.53 Å². The number of rotatable bonds is 6. The summed E-state index contributed by atoms with van der Waals surface area (Å²) in [4.78, 5) is 10.7. The summed E-state index contributed by atoms with van der Waals surface area (Å²) in [5.74, 6) is -0.113. The van der Waals surface area contributed by atoms with Gasteiger partial charge in [0, 0.05) is 6.42 Å². The van der Waals surface area contributed by atoms with Gasteiger partial charge in [0.05, 0.1) is 7.11 Å². The summed E-state index contributed by atoms with van der Waals surface area (Å²) in [5.41, 5.74) is 0. The zero-order valence-corrected chi connectivity index (χ0v) is 8.45. The molecule has 0 unspecified atom stereocenters. The van der Waals surface area contributed by atoms with E-state index in [1.165, 1.54) is 7.11 Å². The summed E-state index contributed by atoms with van der Waals surface area (Å²) in [6.07, 6.45) is 11.6. The highest BCUT2D eigenvalue weighted by Gasteiger charge is 1.97. The molecular formula is C11H18O2. The van der Waals surface area contributed by atoms with E-state index in [1.54, 1.807) is 0 Å².